The fourth-order valence-electron chi connectivity index (χ4n) is 4.43. The molecule has 0 spiro atoms. The fraction of sp³-hybridized carbons (Fsp3) is 0.407. The van der Waals surface area contributed by atoms with Gasteiger partial charge in [-0.3, -0.25) is 14.5 Å². The number of carbonyl (C=O) groups is 2. The number of amides is 1. The minimum Gasteiger partial charge on any atom is -0.507 e. The molecule has 1 atom stereocenters. The van der Waals surface area contributed by atoms with Gasteiger partial charge in [0.25, 0.3) is 11.7 Å². The van der Waals surface area contributed by atoms with Gasteiger partial charge in [-0.2, -0.15) is 0 Å². The molecule has 2 aliphatic rings. The highest BCUT2D eigenvalue weighted by atomic mass is 19.1. The molecule has 8 heteroatoms. The average molecular weight is 483 g/mol. The number of ketones is 1. The number of Topliss-reactive ketones (excluding diaryl/α,β-unsaturated/α-hetero) is 1. The van der Waals surface area contributed by atoms with Crippen molar-refractivity contribution in [3.8, 4) is 5.75 Å². The number of nitrogens with zero attached hydrogens (tertiary/aromatic N) is 2. The molecule has 1 N–H and O–H groups in total. The predicted octanol–water partition coefficient (Wildman–Crippen LogP) is 3.68. The Morgan fingerprint density at radius 3 is 2.43 bits per heavy atom. The number of ether oxygens (including phenoxy) is 2. The highest BCUT2D eigenvalue weighted by Crippen LogP contribution is 2.39. The van der Waals surface area contributed by atoms with E-state index in [-0.39, 0.29) is 23.0 Å². The molecule has 0 radical (unpaired) electrons. The summed E-state index contributed by atoms with van der Waals surface area (Å²) in [7, 11) is 0. The summed E-state index contributed by atoms with van der Waals surface area (Å²) in [5.74, 6) is -2.46. The lowest BCUT2D eigenvalue weighted by Gasteiger charge is -2.31. The lowest BCUT2D eigenvalue weighted by Crippen LogP contribution is -2.42. The van der Waals surface area contributed by atoms with Gasteiger partial charge in [-0.1, -0.05) is 29.8 Å². The summed E-state index contributed by atoms with van der Waals surface area (Å²) in [6.45, 7) is 9.17. The van der Waals surface area contributed by atoms with E-state index in [9.17, 15) is 19.1 Å². The van der Waals surface area contributed by atoms with Crippen LogP contribution in [0, 0.1) is 12.7 Å². The van der Waals surface area contributed by atoms with Gasteiger partial charge < -0.3 is 19.5 Å². The van der Waals surface area contributed by atoms with Crippen molar-refractivity contribution in [1.29, 1.82) is 0 Å². The number of hydrogen-bond acceptors (Lipinski definition) is 6. The molecule has 0 aromatic heterocycles. The number of benzene rings is 2. The second-order valence-corrected chi connectivity index (χ2v) is 9.17. The molecule has 1 amide bonds. The van der Waals surface area contributed by atoms with Gasteiger partial charge in [0.15, 0.2) is 11.6 Å². The van der Waals surface area contributed by atoms with Gasteiger partial charge in [0.2, 0.25) is 0 Å². The third kappa shape index (κ3) is 5.39. The van der Waals surface area contributed by atoms with E-state index >= 15 is 0 Å². The van der Waals surface area contributed by atoms with E-state index in [1.807, 2.05) is 31.2 Å². The maximum atomic E-state index is 14.7. The Kier molecular flexibility index (Phi) is 7.52. The number of carbonyl (C=O) groups excluding carboxylic acids is 2. The fourth-order valence-corrected chi connectivity index (χ4v) is 4.43. The third-order valence-corrected chi connectivity index (χ3v) is 6.26. The molecule has 0 unspecified atom stereocenters. The van der Waals surface area contributed by atoms with Gasteiger partial charge >= 0.3 is 0 Å². The van der Waals surface area contributed by atoms with E-state index in [4.69, 9.17) is 9.47 Å². The van der Waals surface area contributed by atoms with Crippen LogP contribution in [0.25, 0.3) is 5.76 Å². The summed E-state index contributed by atoms with van der Waals surface area (Å²) in [5.41, 5.74) is 1.81. The standard InChI is InChI=1S/C27H31FN2O5/c1-17(2)35-22-9-8-20(16-21(22)28)25(31)23-24(19-6-4-18(3)5-7-19)30(27(33)26(23)32)11-10-29-12-14-34-15-13-29/h4-9,16-17,24,31H,10-15H2,1-3H3/b25-23+/t24-/m1/s1. The molecular formula is C27H31FN2O5. The number of hydrogen-bond donors (Lipinski definition) is 1. The quantitative estimate of drug-likeness (QED) is 0.369. The van der Waals surface area contributed by atoms with Crippen LogP contribution in [0.3, 0.4) is 0 Å². The molecule has 2 aromatic rings. The summed E-state index contributed by atoms with van der Waals surface area (Å²) < 4.78 is 25.5. The number of likely N-dealkylation sites (tertiary alicyclic amines) is 1. The van der Waals surface area contributed by atoms with Gasteiger partial charge in [-0.15, -0.1) is 0 Å². The molecule has 4 rings (SSSR count). The average Bonchev–Trinajstić information content (AvgIpc) is 3.09. The van der Waals surface area contributed by atoms with Gasteiger partial charge in [-0.25, -0.2) is 4.39 Å². The topological polar surface area (TPSA) is 79.3 Å². The van der Waals surface area contributed by atoms with Crippen LogP contribution in [0.4, 0.5) is 4.39 Å². The van der Waals surface area contributed by atoms with Crippen molar-refractivity contribution in [2.75, 3.05) is 39.4 Å². The maximum Gasteiger partial charge on any atom is 0.295 e. The first kappa shape index (κ1) is 24.9. The summed E-state index contributed by atoms with van der Waals surface area (Å²) in [6, 6.07) is 10.8. The van der Waals surface area contributed by atoms with Gasteiger partial charge in [0, 0.05) is 31.7 Å². The van der Waals surface area contributed by atoms with E-state index in [0.717, 1.165) is 24.7 Å². The van der Waals surface area contributed by atoms with Crippen molar-refractivity contribution in [2.24, 2.45) is 0 Å². The van der Waals surface area contributed by atoms with E-state index in [0.29, 0.717) is 31.9 Å². The van der Waals surface area contributed by atoms with Gasteiger partial charge in [0.1, 0.15) is 5.76 Å². The van der Waals surface area contributed by atoms with Crippen LogP contribution >= 0.6 is 0 Å². The second-order valence-electron chi connectivity index (χ2n) is 9.17. The lowest BCUT2D eigenvalue weighted by molar-refractivity contribution is -0.140. The Bertz CT molecular complexity index is 1120. The molecule has 2 aromatic carbocycles. The molecule has 7 nitrogen and oxygen atoms in total. The normalized spacial score (nSPS) is 20.6. The summed E-state index contributed by atoms with van der Waals surface area (Å²) in [6.07, 6.45) is -0.220. The first-order valence-corrected chi connectivity index (χ1v) is 11.9. The zero-order valence-corrected chi connectivity index (χ0v) is 20.3. The van der Waals surface area contributed by atoms with E-state index in [1.54, 1.807) is 13.8 Å². The van der Waals surface area contributed by atoms with E-state index in [2.05, 4.69) is 4.90 Å². The number of rotatable bonds is 7. The van der Waals surface area contributed by atoms with Crippen molar-refractivity contribution >= 4 is 17.4 Å². The van der Waals surface area contributed by atoms with E-state index < -0.39 is 29.3 Å². The van der Waals surface area contributed by atoms with Crippen molar-refractivity contribution in [1.82, 2.24) is 9.80 Å². The Morgan fingerprint density at radius 2 is 1.80 bits per heavy atom. The maximum absolute atomic E-state index is 14.7. The predicted molar refractivity (Wildman–Crippen MR) is 130 cm³/mol. The third-order valence-electron chi connectivity index (χ3n) is 6.26. The number of aliphatic hydroxyl groups is 1. The first-order valence-electron chi connectivity index (χ1n) is 11.9. The van der Waals surface area contributed by atoms with E-state index in [1.165, 1.54) is 17.0 Å². The Labute approximate surface area is 204 Å². The smallest absolute Gasteiger partial charge is 0.295 e. The van der Waals surface area contributed by atoms with Crippen LogP contribution in [0.5, 0.6) is 5.75 Å². The number of halogens is 1. The van der Waals surface area contributed by atoms with Crippen LogP contribution in [0.1, 0.15) is 36.6 Å². The van der Waals surface area contributed by atoms with Crippen LogP contribution in [0.15, 0.2) is 48.0 Å². The number of morpholine rings is 1. The molecule has 0 bridgehead atoms. The Morgan fingerprint density at radius 1 is 1.11 bits per heavy atom. The highest BCUT2D eigenvalue weighted by Gasteiger charge is 2.46. The zero-order valence-electron chi connectivity index (χ0n) is 20.3. The molecule has 2 aliphatic heterocycles. The zero-order chi connectivity index (χ0) is 25.1. The number of aryl methyl sites for hydroxylation is 1. The molecule has 35 heavy (non-hydrogen) atoms. The molecule has 2 fully saturated rings. The second kappa shape index (κ2) is 10.6. The first-order chi connectivity index (χ1) is 16.8. The van der Waals surface area contributed by atoms with Crippen molar-refractivity contribution in [3.05, 3.63) is 70.5 Å². The molecule has 2 heterocycles. The van der Waals surface area contributed by atoms with Crippen LogP contribution < -0.4 is 4.74 Å². The van der Waals surface area contributed by atoms with Gasteiger partial charge in [0.05, 0.1) is 30.9 Å². The summed E-state index contributed by atoms with van der Waals surface area (Å²) >= 11 is 0. The lowest BCUT2D eigenvalue weighted by atomic mass is 9.94. The van der Waals surface area contributed by atoms with Crippen LogP contribution in [-0.2, 0) is 14.3 Å². The van der Waals surface area contributed by atoms with Crippen LogP contribution in [0.2, 0.25) is 0 Å². The molecule has 2 saturated heterocycles. The largest absolute Gasteiger partial charge is 0.507 e. The molecule has 186 valence electrons. The molecule has 0 aliphatic carbocycles. The minimum atomic E-state index is -0.780. The van der Waals surface area contributed by atoms with Crippen molar-refractivity contribution in [3.63, 3.8) is 0 Å². The Balaban J connectivity index is 1.72. The molecule has 0 saturated carbocycles. The minimum absolute atomic E-state index is 0.0437. The summed E-state index contributed by atoms with van der Waals surface area (Å²) in [4.78, 5) is 30.0. The summed E-state index contributed by atoms with van der Waals surface area (Å²) in [5, 5.41) is 11.2. The highest BCUT2D eigenvalue weighted by molar-refractivity contribution is 6.46. The Hall–Kier alpha value is -3.23. The molecular weight excluding hydrogens is 451 g/mol. The van der Waals surface area contributed by atoms with Crippen molar-refractivity contribution < 1.29 is 28.6 Å². The monoisotopic (exact) mass is 482 g/mol. The van der Waals surface area contributed by atoms with Crippen molar-refractivity contribution in [2.45, 2.75) is 32.9 Å². The number of aliphatic hydroxyl groups excluding tert-OH is 1. The van der Waals surface area contributed by atoms with Crippen LogP contribution in [-0.4, -0.2) is 72.1 Å². The van der Waals surface area contributed by atoms with Gasteiger partial charge in [-0.05, 0) is 44.5 Å². The SMILES string of the molecule is Cc1ccc([C@@H]2/C(=C(\O)c3ccc(OC(C)C)c(F)c3)C(=O)C(=O)N2CCN2CCOCC2)cc1.